The number of nitrogens with one attached hydrogen (secondary N) is 2. The van der Waals surface area contributed by atoms with Gasteiger partial charge in [-0.1, -0.05) is 25.1 Å². The van der Waals surface area contributed by atoms with E-state index < -0.39 is 6.03 Å². The molecule has 0 unspecified atom stereocenters. The van der Waals surface area contributed by atoms with E-state index in [1.54, 1.807) is 11.9 Å². The van der Waals surface area contributed by atoms with Crippen molar-refractivity contribution in [2.45, 2.75) is 26.3 Å². The molecule has 1 aromatic rings. The van der Waals surface area contributed by atoms with Crippen molar-refractivity contribution in [2.24, 2.45) is 0 Å². The molecule has 0 aliphatic rings. The van der Waals surface area contributed by atoms with Gasteiger partial charge in [0.05, 0.1) is 6.54 Å². The van der Waals surface area contributed by atoms with E-state index in [2.05, 4.69) is 10.6 Å². The Kier molecular flexibility index (Phi) is 7.99. The second-order valence-corrected chi connectivity index (χ2v) is 5.23. The Morgan fingerprint density at radius 3 is 2.59 bits per heavy atom. The van der Waals surface area contributed by atoms with Crippen molar-refractivity contribution in [3.63, 3.8) is 0 Å². The van der Waals surface area contributed by atoms with Gasteiger partial charge < -0.3 is 10.1 Å². The first-order chi connectivity index (χ1) is 10.5. The largest absolute Gasteiger partial charge is 0.492 e. The highest BCUT2D eigenvalue weighted by atomic mass is 16.5. The number of amides is 3. The van der Waals surface area contributed by atoms with E-state index in [0.717, 1.165) is 12.2 Å². The van der Waals surface area contributed by atoms with E-state index >= 15 is 0 Å². The number of imide groups is 1. The summed E-state index contributed by atoms with van der Waals surface area (Å²) in [4.78, 5) is 25.0. The summed E-state index contributed by atoms with van der Waals surface area (Å²) in [5.74, 6) is 0.469. The first-order valence-electron chi connectivity index (χ1n) is 7.48. The molecule has 22 heavy (non-hydrogen) atoms. The third-order valence-electron chi connectivity index (χ3n) is 3.14. The van der Waals surface area contributed by atoms with Crippen LogP contribution in [0.4, 0.5) is 4.79 Å². The van der Waals surface area contributed by atoms with Gasteiger partial charge in [-0.05, 0) is 32.5 Å². The van der Waals surface area contributed by atoms with Crippen molar-refractivity contribution < 1.29 is 14.3 Å². The molecule has 0 aliphatic heterocycles. The van der Waals surface area contributed by atoms with Crippen LogP contribution in [0.3, 0.4) is 0 Å². The predicted molar refractivity (Wildman–Crippen MR) is 85.9 cm³/mol. The fourth-order valence-electron chi connectivity index (χ4n) is 1.69. The molecule has 1 atom stereocenters. The molecular weight excluding hydrogens is 282 g/mol. The molecule has 0 aliphatic carbocycles. The Morgan fingerprint density at radius 2 is 1.95 bits per heavy atom. The molecule has 1 rings (SSSR count). The molecule has 0 bridgehead atoms. The van der Waals surface area contributed by atoms with Crippen molar-refractivity contribution >= 4 is 11.9 Å². The molecule has 0 fully saturated rings. The molecule has 0 aromatic heterocycles. The Balaban J connectivity index is 2.19. The number of benzene rings is 1. The first kappa shape index (κ1) is 18.0. The number of carbonyl (C=O) groups excluding carboxylic acids is 2. The molecule has 3 amide bonds. The van der Waals surface area contributed by atoms with Gasteiger partial charge in [-0.15, -0.1) is 0 Å². The maximum Gasteiger partial charge on any atom is 0.321 e. The average Bonchev–Trinajstić information content (AvgIpc) is 2.47. The fraction of sp³-hybridized carbons (Fsp3) is 0.500. The van der Waals surface area contributed by atoms with E-state index in [-0.39, 0.29) is 18.5 Å². The number of carbonyl (C=O) groups is 2. The predicted octanol–water partition coefficient (Wildman–Crippen LogP) is 1.62. The van der Waals surface area contributed by atoms with Gasteiger partial charge in [-0.3, -0.25) is 15.0 Å². The lowest BCUT2D eigenvalue weighted by Crippen LogP contribution is -2.46. The van der Waals surface area contributed by atoms with Crippen LogP contribution in [0, 0.1) is 0 Å². The highest BCUT2D eigenvalue weighted by molar-refractivity contribution is 5.95. The van der Waals surface area contributed by atoms with Crippen molar-refractivity contribution in [3.8, 4) is 5.75 Å². The summed E-state index contributed by atoms with van der Waals surface area (Å²) >= 11 is 0. The monoisotopic (exact) mass is 307 g/mol. The number of hydrogen-bond donors (Lipinski definition) is 2. The van der Waals surface area contributed by atoms with E-state index in [1.807, 2.05) is 44.2 Å². The lowest BCUT2D eigenvalue weighted by atomic mass is 10.3. The minimum absolute atomic E-state index is 0.0461. The van der Waals surface area contributed by atoms with E-state index in [0.29, 0.717) is 13.2 Å². The third kappa shape index (κ3) is 7.64. The lowest BCUT2D eigenvalue weighted by Gasteiger charge is -2.17. The Bertz CT molecular complexity index is 465. The van der Waals surface area contributed by atoms with E-state index in [4.69, 9.17) is 4.74 Å². The van der Waals surface area contributed by atoms with E-state index in [9.17, 15) is 9.59 Å². The highest BCUT2D eigenvalue weighted by Crippen LogP contribution is 2.07. The summed E-state index contributed by atoms with van der Waals surface area (Å²) in [6, 6.07) is 9.09. The normalized spacial score (nSPS) is 11.8. The molecule has 0 heterocycles. The Hall–Kier alpha value is -2.08. The van der Waals surface area contributed by atoms with Crippen LogP contribution in [0.15, 0.2) is 30.3 Å². The maximum absolute atomic E-state index is 11.7. The number of nitrogens with zero attached hydrogens (tertiary/aromatic N) is 1. The summed E-state index contributed by atoms with van der Waals surface area (Å²) in [6.07, 6.45) is 0.818. The van der Waals surface area contributed by atoms with Crippen LogP contribution >= 0.6 is 0 Å². The number of urea groups is 1. The molecule has 0 spiro atoms. The minimum atomic E-state index is -0.451. The zero-order chi connectivity index (χ0) is 16.4. The van der Waals surface area contributed by atoms with Gasteiger partial charge in [0.25, 0.3) is 0 Å². The number of para-hydroxylation sites is 1. The maximum atomic E-state index is 11.7. The molecule has 6 nitrogen and oxygen atoms in total. The van der Waals surface area contributed by atoms with Gasteiger partial charge in [0.1, 0.15) is 12.4 Å². The van der Waals surface area contributed by atoms with Gasteiger partial charge in [0.2, 0.25) is 5.91 Å². The van der Waals surface area contributed by atoms with Crippen molar-refractivity contribution in [3.05, 3.63) is 30.3 Å². The molecule has 0 radical (unpaired) electrons. The average molecular weight is 307 g/mol. The third-order valence-corrected chi connectivity index (χ3v) is 3.14. The number of hydrogen-bond acceptors (Lipinski definition) is 4. The van der Waals surface area contributed by atoms with Crippen molar-refractivity contribution in [1.29, 1.82) is 0 Å². The minimum Gasteiger partial charge on any atom is -0.492 e. The smallest absolute Gasteiger partial charge is 0.321 e. The van der Waals surface area contributed by atoms with Crippen LogP contribution in [0.25, 0.3) is 0 Å². The van der Waals surface area contributed by atoms with Crippen LogP contribution in [0.5, 0.6) is 5.75 Å². The van der Waals surface area contributed by atoms with Crippen LogP contribution < -0.4 is 15.4 Å². The van der Waals surface area contributed by atoms with Crippen LogP contribution in [-0.2, 0) is 4.79 Å². The Labute approximate surface area is 131 Å². The summed E-state index contributed by atoms with van der Waals surface area (Å²) in [5, 5.41) is 5.00. The second-order valence-electron chi connectivity index (χ2n) is 5.23. The van der Waals surface area contributed by atoms with E-state index in [1.165, 1.54) is 0 Å². The van der Waals surface area contributed by atoms with Crippen LogP contribution in [-0.4, -0.2) is 49.6 Å². The standard InChI is InChI=1S/C16H25N3O3/c1-4-13(2)17-16(21)18-15(20)12-19(3)10-11-22-14-8-6-5-7-9-14/h5-9,13H,4,10-12H2,1-3H3,(H2,17,18,20,21)/t13-/m1/s1. The van der Waals surface area contributed by atoms with Crippen molar-refractivity contribution in [1.82, 2.24) is 15.5 Å². The molecule has 0 saturated carbocycles. The Morgan fingerprint density at radius 1 is 1.27 bits per heavy atom. The second kappa shape index (κ2) is 9.78. The quantitative estimate of drug-likeness (QED) is 0.765. The summed E-state index contributed by atoms with van der Waals surface area (Å²) < 4.78 is 5.55. The fourth-order valence-corrected chi connectivity index (χ4v) is 1.69. The summed E-state index contributed by atoms with van der Waals surface area (Å²) in [5.41, 5.74) is 0. The summed E-state index contributed by atoms with van der Waals surface area (Å²) in [6.45, 7) is 5.07. The van der Waals surface area contributed by atoms with Gasteiger partial charge >= 0.3 is 6.03 Å². The molecule has 2 N–H and O–H groups in total. The molecular formula is C16H25N3O3. The molecule has 0 saturated heterocycles. The number of rotatable bonds is 8. The number of likely N-dealkylation sites (N-methyl/N-ethyl adjacent to an activating group) is 1. The van der Waals surface area contributed by atoms with Crippen LogP contribution in [0.1, 0.15) is 20.3 Å². The van der Waals surface area contributed by atoms with Gasteiger partial charge in [0.15, 0.2) is 0 Å². The lowest BCUT2D eigenvalue weighted by molar-refractivity contribution is -0.120. The SMILES string of the molecule is CC[C@@H](C)NC(=O)NC(=O)CN(C)CCOc1ccccc1. The number of ether oxygens (including phenoxy) is 1. The van der Waals surface area contributed by atoms with Gasteiger partial charge in [-0.25, -0.2) is 4.79 Å². The zero-order valence-electron chi connectivity index (χ0n) is 13.5. The topological polar surface area (TPSA) is 70.7 Å². The van der Waals surface area contributed by atoms with Crippen LogP contribution in [0.2, 0.25) is 0 Å². The molecule has 1 aromatic carbocycles. The molecule has 122 valence electrons. The van der Waals surface area contributed by atoms with Gasteiger partial charge in [0, 0.05) is 12.6 Å². The zero-order valence-corrected chi connectivity index (χ0v) is 13.5. The molecule has 6 heteroatoms. The summed E-state index contributed by atoms with van der Waals surface area (Å²) in [7, 11) is 1.81. The van der Waals surface area contributed by atoms with Gasteiger partial charge in [-0.2, -0.15) is 0 Å². The van der Waals surface area contributed by atoms with Crippen molar-refractivity contribution in [2.75, 3.05) is 26.7 Å². The first-order valence-corrected chi connectivity index (χ1v) is 7.48. The highest BCUT2D eigenvalue weighted by Gasteiger charge is 2.11.